The molecule has 1 aromatic heterocycles. The molecule has 0 fully saturated rings. The van der Waals surface area contributed by atoms with Crippen molar-refractivity contribution < 1.29 is 9.90 Å². The highest BCUT2D eigenvalue weighted by molar-refractivity contribution is 5.75. The predicted octanol–water partition coefficient (Wildman–Crippen LogP) is 2.38. The summed E-state index contributed by atoms with van der Waals surface area (Å²) in [6, 6.07) is 5.62. The number of benzene rings is 1. The number of nitrogens with zero attached hydrogens (tertiary/aromatic N) is 1. The van der Waals surface area contributed by atoms with E-state index in [2.05, 4.69) is 4.98 Å². The van der Waals surface area contributed by atoms with Crippen molar-refractivity contribution in [2.24, 2.45) is 5.92 Å². The first kappa shape index (κ1) is 14.1. The van der Waals surface area contributed by atoms with Gasteiger partial charge in [-0.2, -0.15) is 0 Å². The summed E-state index contributed by atoms with van der Waals surface area (Å²) in [7, 11) is 0. The molecule has 3 rings (SSSR count). The third-order valence-electron chi connectivity index (χ3n) is 4.04. The van der Waals surface area contributed by atoms with Crippen LogP contribution in [-0.2, 0) is 4.79 Å². The maximum Gasteiger partial charge on any atom is 0.330 e. The van der Waals surface area contributed by atoms with Gasteiger partial charge in [0.2, 0.25) is 0 Å². The molecule has 0 amide bonds. The number of allylic oxidation sites excluding steroid dienone is 3. The third kappa shape index (κ3) is 2.30. The first-order valence-electron chi connectivity index (χ1n) is 7.03. The van der Waals surface area contributed by atoms with E-state index in [1.165, 1.54) is 4.57 Å². The fraction of sp³-hybridized carbons (Fsp3) is 0.176. The Kier molecular flexibility index (Phi) is 3.55. The molecule has 1 heterocycles. The zero-order valence-electron chi connectivity index (χ0n) is 12.1. The Morgan fingerprint density at radius 2 is 2.05 bits per heavy atom. The molecule has 0 saturated heterocycles. The van der Waals surface area contributed by atoms with E-state index in [0.717, 1.165) is 16.8 Å². The van der Waals surface area contributed by atoms with Crippen LogP contribution >= 0.6 is 0 Å². The van der Waals surface area contributed by atoms with Crippen molar-refractivity contribution in [3.63, 3.8) is 0 Å². The maximum absolute atomic E-state index is 11.8. The van der Waals surface area contributed by atoms with Crippen LogP contribution in [0.5, 0.6) is 0 Å². The van der Waals surface area contributed by atoms with E-state index in [4.69, 9.17) is 0 Å². The van der Waals surface area contributed by atoms with Crippen LogP contribution in [0.3, 0.4) is 0 Å². The van der Waals surface area contributed by atoms with Crippen LogP contribution in [0.4, 0.5) is 0 Å². The summed E-state index contributed by atoms with van der Waals surface area (Å²) >= 11 is 0. The molecule has 1 aliphatic rings. The second-order valence-electron chi connectivity index (χ2n) is 5.29. The fourth-order valence-electron chi connectivity index (χ4n) is 2.91. The van der Waals surface area contributed by atoms with Crippen LogP contribution in [0.2, 0.25) is 0 Å². The zero-order chi connectivity index (χ0) is 15.7. The van der Waals surface area contributed by atoms with Gasteiger partial charge in [-0.1, -0.05) is 36.4 Å². The van der Waals surface area contributed by atoms with E-state index in [-0.39, 0.29) is 11.6 Å². The Labute approximate surface area is 127 Å². The molecule has 0 spiro atoms. The minimum atomic E-state index is -0.853. The summed E-state index contributed by atoms with van der Waals surface area (Å²) in [6.07, 6.45) is 10.5. The largest absolute Gasteiger partial charge is 0.481 e. The molecular weight excluding hydrogens is 280 g/mol. The van der Waals surface area contributed by atoms with E-state index in [0.29, 0.717) is 0 Å². The monoisotopic (exact) mass is 296 g/mol. The average Bonchev–Trinajstić information content (AvgIpc) is 2.93. The average molecular weight is 296 g/mol. The lowest BCUT2D eigenvalue weighted by Crippen LogP contribution is -2.22. The number of carboxylic acid groups (broad SMARTS) is 1. The number of aliphatic carboxylic acids is 1. The topological polar surface area (TPSA) is 75.1 Å². The summed E-state index contributed by atoms with van der Waals surface area (Å²) in [5.74, 6) is -1.69. The number of H-pyrrole nitrogens is 1. The van der Waals surface area contributed by atoms with Gasteiger partial charge >= 0.3 is 11.7 Å². The Morgan fingerprint density at radius 1 is 1.27 bits per heavy atom. The van der Waals surface area contributed by atoms with Crippen LogP contribution in [0.1, 0.15) is 17.0 Å². The number of rotatable bonds is 3. The minimum Gasteiger partial charge on any atom is -0.481 e. The van der Waals surface area contributed by atoms with Gasteiger partial charge in [-0.3, -0.25) is 9.36 Å². The molecule has 5 heteroatoms. The van der Waals surface area contributed by atoms with Crippen molar-refractivity contribution in [2.45, 2.75) is 12.8 Å². The quantitative estimate of drug-likeness (QED) is 0.913. The van der Waals surface area contributed by atoms with Crippen molar-refractivity contribution in [1.29, 1.82) is 0 Å². The first-order chi connectivity index (χ1) is 10.6. The van der Waals surface area contributed by atoms with Crippen LogP contribution in [0.25, 0.3) is 5.69 Å². The highest BCUT2D eigenvalue weighted by Gasteiger charge is 2.28. The van der Waals surface area contributed by atoms with Crippen LogP contribution < -0.4 is 5.69 Å². The van der Waals surface area contributed by atoms with Gasteiger partial charge in [-0.15, -0.1) is 0 Å². The second-order valence-corrected chi connectivity index (χ2v) is 5.29. The number of aromatic nitrogens is 2. The Bertz CT molecular complexity index is 826. The van der Waals surface area contributed by atoms with Gasteiger partial charge in [0.25, 0.3) is 0 Å². The molecule has 0 radical (unpaired) electrons. The van der Waals surface area contributed by atoms with Gasteiger partial charge in [-0.25, -0.2) is 4.79 Å². The Hall–Kier alpha value is -2.82. The van der Waals surface area contributed by atoms with E-state index in [1.54, 1.807) is 24.5 Å². The molecule has 1 aromatic carbocycles. The second kappa shape index (κ2) is 5.52. The highest BCUT2D eigenvalue weighted by Crippen LogP contribution is 2.34. The summed E-state index contributed by atoms with van der Waals surface area (Å²) in [4.78, 5) is 25.9. The number of hydrogen-bond donors (Lipinski definition) is 2. The van der Waals surface area contributed by atoms with Crippen molar-refractivity contribution in [1.82, 2.24) is 9.55 Å². The predicted molar refractivity (Wildman–Crippen MR) is 83.3 cm³/mol. The SMILES string of the molecule is Cc1c(C2C=CC=CC2C(=O)O)cccc1-n1cc[nH]c1=O. The summed E-state index contributed by atoms with van der Waals surface area (Å²) in [6.45, 7) is 1.91. The molecule has 22 heavy (non-hydrogen) atoms. The maximum atomic E-state index is 11.8. The molecule has 5 nitrogen and oxygen atoms in total. The van der Waals surface area contributed by atoms with E-state index < -0.39 is 11.9 Å². The van der Waals surface area contributed by atoms with Crippen LogP contribution in [0.15, 0.2) is 59.7 Å². The van der Waals surface area contributed by atoms with Gasteiger partial charge in [-0.05, 0) is 24.1 Å². The van der Waals surface area contributed by atoms with Gasteiger partial charge < -0.3 is 10.1 Å². The minimum absolute atomic E-state index is 0.214. The first-order valence-corrected chi connectivity index (χ1v) is 7.03. The van der Waals surface area contributed by atoms with Gasteiger partial charge in [0.15, 0.2) is 0 Å². The molecule has 112 valence electrons. The fourth-order valence-corrected chi connectivity index (χ4v) is 2.91. The Morgan fingerprint density at radius 3 is 2.73 bits per heavy atom. The molecule has 0 saturated carbocycles. The molecule has 2 N–H and O–H groups in total. The van der Waals surface area contributed by atoms with Gasteiger partial charge in [0.1, 0.15) is 0 Å². The van der Waals surface area contributed by atoms with Gasteiger partial charge in [0, 0.05) is 18.3 Å². The molecule has 0 bridgehead atoms. The normalized spacial score (nSPS) is 20.2. The lowest BCUT2D eigenvalue weighted by atomic mass is 9.81. The lowest BCUT2D eigenvalue weighted by Gasteiger charge is -2.24. The zero-order valence-corrected chi connectivity index (χ0v) is 12.1. The smallest absolute Gasteiger partial charge is 0.330 e. The Balaban J connectivity index is 2.11. The standard InChI is InChI=1S/C17H16N2O3/c1-11-12(13-5-2-3-6-14(13)16(20)21)7-4-8-15(11)19-10-9-18-17(19)22/h2-10,13-14H,1H3,(H,18,22)(H,20,21). The molecule has 1 aliphatic carbocycles. The molecule has 2 atom stereocenters. The molecule has 0 aliphatic heterocycles. The number of hydrogen-bond acceptors (Lipinski definition) is 2. The highest BCUT2D eigenvalue weighted by atomic mass is 16.4. The summed E-state index contributed by atoms with van der Waals surface area (Å²) in [5.41, 5.74) is 2.36. The van der Waals surface area contributed by atoms with Crippen molar-refractivity contribution in [3.8, 4) is 5.69 Å². The lowest BCUT2D eigenvalue weighted by molar-refractivity contribution is -0.140. The molecule has 2 unspecified atom stereocenters. The van der Waals surface area contributed by atoms with Crippen molar-refractivity contribution >= 4 is 5.97 Å². The van der Waals surface area contributed by atoms with E-state index in [1.807, 2.05) is 37.3 Å². The van der Waals surface area contributed by atoms with Crippen molar-refractivity contribution in [3.05, 3.63) is 76.5 Å². The summed E-state index contributed by atoms with van der Waals surface area (Å²) < 4.78 is 1.52. The third-order valence-corrected chi connectivity index (χ3v) is 4.04. The molecule has 2 aromatic rings. The number of carbonyl (C=O) groups is 1. The number of imidazole rings is 1. The summed E-state index contributed by atoms with van der Waals surface area (Å²) in [5, 5.41) is 9.41. The van der Waals surface area contributed by atoms with E-state index >= 15 is 0 Å². The van der Waals surface area contributed by atoms with Crippen LogP contribution in [0, 0.1) is 12.8 Å². The number of nitrogens with one attached hydrogen (secondary N) is 1. The number of carboxylic acids is 1. The number of aromatic amines is 1. The molecular formula is C17H16N2O3. The van der Waals surface area contributed by atoms with E-state index in [9.17, 15) is 14.7 Å². The van der Waals surface area contributed by atoms with Crippen LogP contribution in [-0.4, -0.2) is 20.6 Å². The van der Waals surface area contributed by atoms with Gasteiger partial charge in [0.05, 0.1) is 11.6 Å². The van der Waals surface area contributed by atoms with Crippen molar-refractivity contribution in [2.75, 3.05) is 0 Å².